The predicted molar refractivity (Wildman–Crippen MR) is 125 cm³/mol. The minimum absolute atomic E-state index is 0.243. The first-order valence-electron chi connectivity index (χ1n) is 11.1. The van der Waals surface area contributed by atoms with Gasteiger partial charge in [-0.05, 0) is 54.7 Å². The van der Waals surface area contributed by atoms with E-state index in [9.17, 15) is 9.59 Å². The molecule has 0 bridgehead atoms. The molecule has 5 nitrogen and oxygen atoms in total. The van der Waals surface area contributed by atoms with E-state index in [1.807, 2.05) is 37.3 Å². The number of thiophene rings is 1. The molecule has 2 atom stereocenters. The van der Waals surface area contributed by atoms with E-state index in [1.165, 1.54) is 23.3 Å². The Bertz CT molecular complexity index is 919. The highest BCUT2D eigenvalue weighted by atomic mass is 32.1. The van der Waals surface area contributed by atoms with Crippen LogP contribution in [0.4, 0.5) is 5.00 Å². The molecule has 0 fully saturated rings. The molecule has 0 spiro atoms. The van der Waals surface area contributed by atoms with Crippen LogP contribution in [-0.2, 0) is 22.4 Å². The first-order valence-corrected chi connectivity index (χ1v) is 11.9. The molecule has 1 N–H and O–H groups in total. The number of fused-ring (bicyclic) bond motifs is 1. The molecule has 2 aromatic rings. The van der Waals surface area contributed by atoms with Gasteiger partial charge < -0.3 is 14.8 Å². The lowest BCUT2D eigenvalue weighted by molar-refractivity contribution is -0.122. The van der Waals surface area contributed by atoms with E-state index in [0.717, 1.165) is 31.2 Å². The molecule has 168 valence electrons. The normalized spacial score (nSPS) is 16.9. The molecule has 1 aromatic heterocycles. The van der Waals surface area contributed by atoms with Crippen molar-refractivity contribution in [1.29, 1.82) is 0 Å². The second kappa shape index (κ2) is 9.86. The highest BCUT2D eigenvalue weighted by molar-refractivity contribution is 7.17. The number of para-hydroxylation sites is 1. The number of hydrogen-bond donors (Lipinski definition) is 1. The largest absolute Gasteiger partial charge is 0.481 e. The van der Waals surface area contributed by atoms with Crippen molar-refractivity contribution in [2.45, 2.75) is 65.9 Å². The molecule has 6 heteroatoms. The molecule has 1 heterocycles. The van der Waals surface area contributed by atoms with Crippen molar-refractivity contribution >= 4 is 28.2 Å². The number of ether oxygens (including phenoxy) is 2. The Morgan fingerprint density at radius 1 is 1.23 bits per heavy atom. The van der Waals surface area contributed by atoms with Crippen molar-refractivity contribution in [3.8, 4) is 5.75 Å². The molecule has 3 rings (SSSR count). The van der Waals surface area contributed by atoms with Gasteiger partial charge in [-0.1, -0.05) is 52.3 Å². The number of anilines is 1. The van der Waals surface area contributed by atoms with Crippen LogP contribution in [0.1, 0.15) is 67.8 Å². The molecule has 1 aliphatic rings. The highest BCUT2D eigenvalue weighted by Crippen LogP contribution is 2.45. The number of methoxy groups -OCH3 is 1. The van der Waals surface area contributed by atoms with Crippen LogP contribution in [0.25, 0.3) is 0 Å². The SMILES string of the molecule is CC[C@H](Oc1ccccc1)C(=O)Nc1sc2c(c1C(=O)OC)CC[C@@H](C(C)(C)CC)C2. The number of amides is 1. The van der Waals surface area contributed by atoms with Crippen molar-refractivity contribution in [3.05, 3.63) is 46.3 Å². The fraction of sp³-hybridized carbons (Fsp3) is 0.520. The van der Waals surface area contributed by atoms with Gasteiger partial charge in [-0.2, -0.15) is 0 Å². The van der Waals surface area contributed by atoms with E-state index >= 15 is 0 Å². The minimum Gasteiger partial charge on any atom is -0.481 e. The second-order valence-electron chi connectivity index (χ2n) is 8.80. The average molecular weight is 444 g/mol. The maximum Gasteiger partial charge on any atom is 0.341 e. The van der Waals surface area contributed by atoms with Gasteiger partial charge in [0.25, 0.3) is 5.91 Å². The Morgan fingerprint density at radius 3 is 2.55 bits per heavy atom. The van der Waals surface area contributed by atoms with Crippen molar-refractivity contribution in [2.24, 2.45) is 11.3 Å². The number of hydrogen-bond acceptors (Lipinski definition) is 5. The predicted octanol–water partition coefficient (Wildman–Crippen LogP) is 5.87. The van der Waals surface area contributed by atoms with Gasteiger partial charge in [-0.3, -0.25) is 4.79 Å². The summed E-state index contributed by atoms with van der Waals surface area (Å²) in [5.74, 6) is 0.564. The summed E-state index contributed by atoms with van der Waals surface area (Å²) in [6.45, 7) is 8.76. The van der Waals surface area contributed by atoms with Gasteiger partial charge in [-0.15, -0.1) is 11.3 Å². The van der Waals surface area contributed by atoms with E-state index in [4.69, 9.17) is 9.47 Å². The summed E-state index contributed by atoms with van der Waals surface area (Å²) in [5, 5.41) is 3.55. The minimum atomic E-state index is -0.640. The van der Waals surface area contributed by atoms with Crippen molar-refractivity contribution < 1.29 is 19.1 Å². The van der Waals surface area contributed by atoms with Crippen LogP contribution in [0.15, 0.2) is 30.3 Å². The van der Waals surface area contributed by atoms with Crippen molar-refractivity contribution in [2.75, 3.05) is 12.4 Å². The third-order valence-electron chi connectivity index (χ3n) is 6.59. The zero-order chi connectivity index (χ0) is 22.6. The Morgan fingerprint density at radius 2 is 1.94 bits per heavy atom. The Kier molecular flexibility index (Phi) is 7.42. The summed E-state index contributed by atoms with van der Waals surface area (Å²) in [6, 6.07) is 9.30. The first kappa shape index (κ1) is 23.3. The Hall–Kier alpha value is -2.34. The summed E-state index contributed by atoms with van der Waals surface area (Å²) in [7, 11) is 1.39. The Labute approximate surface area is 189 Å². The van der Waals surface area contributed by atoms with Gasteiger partial charge in [-0.25, -0.2) is 4.79 Å². The summed E-state index contributed by atoms with van der Waals surface area (Å²) in [6.07, 6.45) is 3.79. The maximum atomic E-state index is 13.0. The number of benzene rings is 1. The monoisotopic (exact) mass is 443 g/mol. The molecule has 0 radical (unpaired) electrons. The van der Waals surface area contributed by atoms with Crippen LogP contribution in [0, 0.1) is 11.3 Å². The van der Waals surface area contributed by atoms with Gasteiger partial charge in [0.2, 0.25) is 0 Å². The quantitative estimate of drug-likeness (QED) is 0.518. The first-order chi connectivity index (χ1) is 14.8. The summed E-state index contributed by atoms with van der Waals surface area (Å²) in [4.78, 5) is 26.8. The molecule has 0 saturated heterocycles. The third kappa shape index (κ3) is 5.12. The molecule has 1 amide bonds. The van der Waals surface area contributed by atoms with Crippen molar-refractivity contribution in [1.82, 2.24) is 0 Å². The lowest BCUT2D eigenvalue weighted by Crippen LogP contribution is -2.32. The summed E-state index contributed by atoms with van der Waals surface area (Å²) < 4.78 is 10.9. The van der Waals surface area contributed by atoms with Crippen LogP contribution < -0.4 is 10.1 Å². The second-order valence-corrected chi connectivity index (χ2v) is 9.90. The van der Waals surface area contributed by atoms with Gasteiger partial charge in [0.05, 0.1) is 12.7 Å². The van der Waals surface area contributed by atoms with Crippen LogP contribution in [0.3, 0.4) is 0 Å². The fourth-order valence-electron chi connectivity index (χ4n) is 4.13. The summed E-state index contributed by atoms with van der Waals surface area (Å²) in [5.41, 5.74) is 1.79. The molecule has 1 aromatic carbocycles. The number of esters is 1. The van der Waals surface area contributed by atoms with Crippen LogP contribution in [0.2, 0.25) is 0 Å². The van der Waals surface area contributed by atoms with E-state index in [1.54, 1.807) is 0 Å². The van der Waals surface area contributed by atoms with E-state index in [-0.39, 0.29) is 11.3 Å². The van der Waals surface area contributed by atoms with E-state index in [2.05, 4.69) is 26.1 Å². The highest BCUT2D eigenvalue weighted by Gasteiger charge is 2.36. The molecule has 0 unspecified atom stereocenters. The average Bonchev–Trinajstić information content (AvgIpc) is 3.14. The van der Waals surface area contributed by atoms with Gasteiger partial charge in [0, 0.05) is 4.88 Å². The third-order valence-corrected chi connectivity index (χ3v) is 7.76. The van der Waals surface area contributed by atoms with E-state index in [0.29, 0.717) is 28.7 Å². The lowest BCUT2D eigenvalue weighted by Gasteiger charge is -2.36. The smallest absolute Gasteiger partial charge is 0.341 e. The van der Waals surface area contributed by atoms with Crippen LogP contribution in [-0.4, -0.2) is 25.1 Å². The molecule has 0 aliphatic heterocycles. The number of nitrogens with one attached hydrogen (secondary N) is 1. The van der Waals surface area contributed by atoms with E-state index < -0.39 is 12.1 Å². The van der Waals surface area contributed by atoms with Crippen LogP contribution in [0.5, 0.6) is 5.75 Å². The standard InChI is InChI=1S/C25H33NO4S/c1-6-19(30-17-11-9-8-10-12-17)22(27)26-23-21(24(28)29-5)18-14-13-16(15-20(18)31-23)25(3,4)7-2/h8-12,16,19H,6-7,13-15H2,1-5H3,(H,26,27)/t16-,19+/m1/s1. The number of rotatable bonds is 8. The lowest BCUT2D eigenvalue weighted by atomic mass is 9.69. The van der Waals surface area contributed by atoms with Crippen LogP contribution >= 0.6 is 11.3 Å². The van der Waals surface area contributed by atoms with Gasteiger partial charge >= 0.3 is 5.97 Å². The molecule has 31 heavy (non-hydrogen) atoms. The van der Waals surface area contributed by atoms with Crippen molar-refractivity contribution in [3.63, 3.8) is 0 Å². The molecular weight excluding hydrogens is 410 g/mol. The zero-order valence-electron chi connectivity index (χ0n) is 19.1. The zero-order valence-corrected chi connectivity index (χ0v) is 19.9. The van der Waals surface area contributed by atoms with Gasteiger partial charge in [0.1, 0.15) is 10.8 Å². The number of carbonyl (C=O) groups is 2. The fourth-order valence-corrected chi connectivity index (χ4v) is 5.44. The Balaban J connectivity index is 1.85. The molecular formula is C25H33NO4S. The molecule has 1 aliphatic carbocycles. The topological polar surface area (TPSA) is 64.6 Å². The summed E-state index contributed by atoms with van der Waals surface area (Å²) >= 11 is 1.51. The van der Waals surface area contributed by atoms with Gasteiger partial charge in [0.15, 0.2) is 6.10 Å². The maximum absolute atomic E-state index is 13.0. The molecule has 0 saturated carbocycles. The number of carbonyl (C=O) groups excluding carboxylic acids is 2.